The molecular weight excluding hydrogens is 1080 g/mol. The van der Waals surface area contributed by atoms with Crippen LogP contribution in [0.25, 0.3) is 121 Å². The molecule has 9 aromatic carbocycles. The zero-order chi connectivity index (χ0) is 50.4. The number of pyridine rings is 1. The van der Waals surface area contributed by atoms with E-state index in [4.69, 9.17) is 9.97 Å². The molecule has 4 heterocycles. The maximum absolute atomic E-state index is 12.7. The normalized spacial score (nSPS) is 12.6. The topological polar surface area (TPSA) is 55.3 Å². The predicted molar refractivity (Wildman–Crippen MR) is 308 cm³/mol. The smallest absolute Gasteiger partial charge is 0.149 e. The number of hydrogen-bond acceptors (Lipinski definition) is 3. The van der Waals surface area contributed by atoms with Gasteiger partial charge in [0.15, 0.2) is 0 Å². The van der Waals surface area contributed by atoms with Crippen molar-refractivity contribution in [3.63, 3.8) is 0 Å². The molecule has 0 aliphatic carbocycles. The number of rotatable bonds is 6. The average Bonchev–Trinajstić information content (AvgIpc) is 4.05. The van der Waals surface area contributed by atoms with Gasteiger partial charge in [0, 0.05) is 48.5 Å². The van der Waals surface area contributed by atoms with Crippen molar-refractivity contribution in [3.05, 3.63) is 186 Å². The number of nitrogens with zero attached hydrogens (tertiary/aromatic N) is 4. The van der Waals surface area contributed by atoms with Gasteiger partial charge in [-0.2, -0.15) is 0 Å². The van der Waals surface area contributed by atoms with E-state index < -0.39 is 0 Å². The third kappa shape index (κ3) is 7.06. The van der Waals surface area contributed by atoms with Gasteiger partial charge in [-0.25, -0.2) is 4.98 Å². The molecule has 0 aliphatic heterocycles. The molecule has 6 heteroatoms. The Bertz CT molecular complexity index is 4380. The minimum absolute atomic E-state index is 0. The number of hydrogen-bond donors (Lipinski definition) is 1. The first kappa shape index (κ1) is 47.7. The second kappa shape index (κ2) is 17.1. The number of benzene rings is 9. The van der Waals surface area contributed by atoms with Gasteiger partial charge in [0.05, 0.1) is 33.5 Å². The predicted octanol–water partition coefficient (Wildman–Crippen LogP) is 18.4. The van der Waals surface area contributed by atoms with E-state index in [1.807, 2.05) is 0 Å². The summed E-state index contributed by atoms with van der Waals surface area (Å²) in [7, 11) is 0. The Morgan fingerprint density at radius 1 is 0.514 bits per heavy atom. The number of fused-ring (bicyclic) bond motifs is 14. The van der Waals surface area contributed by atoms with Crippen LogP contribution in [0.4, 0.5) is 0 Å². The van der Waals surface area contributed by atoms with Gasteiger partial charge in [-0.05, 0) is 114 Å². The van der Waals surface area contributed by atoms with Crippen LogP contribution in [0.2, 0.25) is 0 Å². The van der Waals surface area contributed by atoms with E-state index in [1.165, 1.54) is 65.6 Å². The molecule has 368 valence electrons. The summed E-state index contributed by atoms with van der Waals surface area (Å²) in [6, 6.07) is 61.1. The first-order valence-electron chi connectivity index (χ1n) is 25.9. The average molecular weight is 1140 g/mol. The zero-order valence-corrected chi connectivity index (χ0v) is 46.0. The summed E-state index contributed by atoms with van der Waals surface area (Å²) in [5.74, 6) is 1.31. The number of phenolic OH excluding ortho intramolecular Hbond substituents is 1. The van der Waals surface area contributed by atoms with E-state index >= 15 is 0 Å². The Labute approximate surface area is 447 Å². The number of imidazole rings is 1. The Balaban J connectivity index is 0.00000556. The van der Waals surface area contributed by atoms with Crippen LogP contribution >= 0.6 is 0 Å². The summed E-state index contributed by atoms with van der Waals surface area (Å²) in [5, 5.41) is 23.3. The van der Waals surface area contributed by atoms with Crippen molar-refractivity contribution in [2.24, 2.45) is 0 Å². The van der Waals surface area contributed by atoms with Crippen molar-refractivity contribution < 1.29 is 26.2 Å². The van der Waals surface area contributed by atoms with Crippen molar-refractivity contribution in [3.8, 4) is 45.2 Å². The van der Waals surface area contributed by atoms with Crippen molar-refractivity contribution >= 4 is 81.6 Å². The van der Waals surface area contributed by atoms with E-state index in [1.54, 1.807) is 0 Å². The van der Waals surface area contributed by atoms with Gasteiger partial charge in [0.25, 0.3) is 0 Å². The quantitative estimate of drug-likeness (QED) is 0.133. The maximum Gasteiger partial charge on any atom is 0.149 e. The summed E-state index contributed by atoms with van der Waals surface area (Å²) in [4.78, 5) is 11.5. The Morgan fingerprint density at radius 3 is 1.85 bits per heavy atom. The van der Waals surface area contributed by atoms with Gasteiger partial charge in [0.2, 0.25) is 0 Å². The molecule has 1 N–H and O–H groups in total. The van der Waals surface area contributed by atoms with E-state index in [0.717, 1.165) is 71.9 Å². The van der Waals surface area contributed by atoms with Crippen LogP contribution in [-0.2, 0) is 31.9 Å². The van der Waals surface area contributed by atoms with Gasteiger partial charge < -0.3 is 9.51 Å². The summed E-state index contributed by atoms with van der Waals surface area (Å²) in [6.45, 7) is 22.4. The van der Waals surface area contributed by atoms with E-state index in [2.05, 4.69) is 242 Å². The first-order chi connectivity index (χ1) is 35.1. The van der Waals surface area contributed by atoms with Gasteiger partial charge >= 0.3 is 0 Å². The molecule has 13 rings (SSSR count). The third-order valence-corrected chi connectivity index (χ3v) is 15.7. The molecule has 0 radical (unpaired) electrons. The number of aromatic hydroxyl groups is 1. The summed E-state index contributed by atoms with van der Waals surface area (Å²) >= 11 is 0. The second-order valence-corrected chi connectivity index (χ2v) is 23.0. The minimum atomic E-state index is -0.338. The van der Waals surface area contributed by atoms with Gasteiger partial charge in [-0.3, -0.25) is 9.55 Å². The molecule has 0 amide bonds. The van der Waals surface area contributed by atoms with Gasteiger partial charge in [-0.15, -0.1) is 17.5 Å². The molecule has 0 fully saturated rings. The van der Waals surface area contributed by atoms with Crippen LogP contribution in [0.5, 0.6) is 5.75 Å². The molecule has 0 saturated heterocycles. The molecular formula is C68H59N4OPt-. The van der Waals surface area contributed by atoms with Crippen molar-refractivity contribution in [2.75, 3.05) is 0 Å². The van der Waals surface area contributed by atoms with Crippen molar-refractivity contribution in [2.45, 2.75) is 91.9 Å². The van der Waals surface area contributed by atoms with Crippen LogP contribution in [0.15, 0.2) is 158 Å². The van der Waals surface area contributed by atoms with Crippen LogP contribution in [-0.4, -0.2) is 24.0 Å². The molecule has 4 aromatic heterocycles. The van der Waals surface area contributed by atoms with Crippen molar-refractivity contribution in [1.29, 1.82) is 0 Å². The molecule has 0 saturated carbocycles. The monoisotopic (exact) mass is 1140 g/mol. The molecule has 0 unspecified atom stereocenters. The fraction of sp³-hybridized carbons (Fsp3) is 0.206. The Kier molecular flexibility index (Phi) is 11.0. The Hall–Kier alpha value is -7.33. The van der Waals surface area contributed by atoms with E-state index in [9.17, 15) is 5.11 Å². The SMILES string of the molecule is CC(C)c1cc(-c2ccccc2)cc(C(C)C)c1-n1c(-c2cc(C(C)(C)C)cc(C(C)(C)C)c2O)nc2c(-c3ccc4c5ccccc5c5c([c-]cc6c5c5cccc7c8ccccc8n6c75)c4n3)cccc21.[Pt]. The van der Waals surface area contributed by atoms with Gasteiger partial charge in [0.1, 0.15) is 11.6 Å². The zero-order valence-electron chi connectivity index (χ0n) is 43.7. The standard InChI is InChI=1S/C68H59N4O.Pt/c1-38(2)51-34-41(40-20-12-11-13-21-40)35-52(39(3)4)64(51)72-58-29-19-26-48(62(58)70-66(72)53-36-42(67(5,6)7)37-54(65(53)73)68(8,9)10)55-32-30-46-43-22-14-15-24-45(43)59-49(61(46)69-55)31-33-57-60(59)50-27-18-25-47-44-23-16-17-28-56(44)71(57)63(47)50;/h11-30,32-39,73H,1-10H3;/q-1;. The van der Waals surface area contributed by atoms with E-state index in [-0.39, 0.29) is 49.5 Å². The first-order valence-corrected chi connectivity index (χ1v) is 25.9. The Morgan fingerprint density at radius 2 is 1.15 bits per heavy atom. The molecule has 5 nitrogen and oxygen atoms in total. The molecule has 0 atom stereocenters. The van der Waals surface area contributed by atoms with Crippen LogP contribution in [0, 0.1) is 6.07 Å². The van der Waals surface area contributed by atoms with E-state index in [0.29, 0.717) is 5.82 Å². The fourth-order valence-electron chi connectivity index (χ4n) is 12.0. The minimum Gasteiger partial charge on any atom is -0.507 e. The third-order valence-electron chi connectivity index (χ3n) is 15.7. The summed E-state index contributed by atoms with van der Waals surface area (Å²) in [6.07, 6.45) is 0. The number of phenols is 1. The number of aromatic nitrogens is 4. The second-order valence-electron chi connectivity index (χ2n) is 23.0. The summed E-state index contributed by atoms with van der Waals surface area (Å²) in [5.41, 5.74) is 16.2. The van der Waals surface area contributed by atoms with Crippen molar-refractivity contribution in [1.82, 2.24) is 18.9 Å². The molecule has 0 aliphatic rings. The van der Waals surface area contributed by atoms with Crippen LogP contribution in [0.3, 0.4) is 0 Å². The maximum atomic E-state index is 12.7. The fourth-order valence-corrected chi connectivity index (χ4v) is 12.0. The molecule has 13 aromatic rings. The molecule has 0 spiro atoms. The van der Waals surface area contributed by atoms with Gasteiger partial charge in [-0.1, -0.05) is 201 Å². The number of para-hydroxylation sites is 3. The molecule has 74 heavy (non-hydrogen) atoms. The largest absolute Gasteiger partial charge is 0.507 e. The summed E-state index contributed by atoms with van der Waals surface area (Å²) < 4.78 is 4.81. The van der Waals surface area contributed by atoms with Crippen LogP contribution in [0.1, 0.15) is 103 Å². The van der Waals surface area contributed by atoms with Crippen LogP contribution < -0.4 is 0 Å². The molecule has 0 bridgehead atoms.